The van der Waals surface area contributed by atoms with Gasteiger partial charge in [-0.2, -0.15) is 0 Å². The number of carbonyl (C=O) groups excluding carboxylic acids is 1. The van der Waals surface area contributed by atoms with Gasteiger partial charge in [-0.3, -0.25) is 10.1 Å². The van der Waals surface area contributed by atoms with Crippen molar-refractivity contribution in [2.75, 3.05) is 14.1 Å². The highest BCUT2D eigenvalue weighted by Crippen LogP contribution is 2.22. The van der Waals surface area contributed by atoms with Gasteiger partial charge in [-0.05, 0) is 24.8 Å². The Morgan fingerprint density at radius 1 is 1.56 bits per heavy atom. The second kappa shape index (κ2) is 6.01. The molecule has 1 aromatic heterocycles. The van der Waals surface area contributed by atoms with Crippen LogP contribution in [-0.4, -0.2) is 30.9 Å². The van der Waals surface area contributed by atoms with E-state index in [1.807, 2.05) is 13.0 Å². The van der Waals surface area contributed by atoms with Gasteiger partial charge in [0.1, 0.15) is 0 Å². The van der Waals surface area contributed by atoms with Crippen LogP contribution in [0.3, 0.4) is 0 Å². The van der Waals surface area contributed by atoms with Crippen LogP contribution in [0, 0.1) is 0 Å². The Morgan fingerprint density at radius 2 is 2.25 bits per heavy atom. The van der Waals surface area contributed by atoms with E-state index in [9.17, 15) is 4.79 Å². The van der Waals surface area contributed by atoms with Crippen LogP contribution in [0.1, 0.15) is 31.2 Å². The summed E-state index contributed by atoms with van der Waals surface area (Å²) >= 11 is 1.73. The zero-order valence-electron chi connectivity index (χ0n) is 10.4. The predicted octanol–water partition coefficient (Wildman–Crippen LogP) is 2.27. The molecule has 4 heteroatoms. The molecule has 90 valence electrons. The molecular weight excluding hydrogens is 220 g/mol. The monoisotopic (exact) mass is 240 g/mol. The van der Waals surface area contributed by atoms with Crippen LogP contribution in [0.2, 0.25) is 0 Å². The van der Waals surface area contributed by atoms with E-state index in [2.05, 4.69) is 23.7 Å². The molecule has 16 heavy (non-hydrogen) atoms. The minimum Gasteiger partial charge on any atom is -0.347 e. The van der Waals surface area contributed by atoms with Crippen LogP contribution in [0.15, 0.2) is 17.5 Å². The summed E-state index contributed by atoms with van der Waals surface area (Å²) < 4.78 is 0. The fraction of sp³-hybridized carbons (Fsp3) is 0.583. The summed E-state index contributed by atoms with van der Waals surface area (Å²) in [6.45, 7) is 4.04. The number of nitrogens with zero attached hydrogens (tertiary/aromatic N) is 1. The summed E-state index contributed by atoms with van der Waals surface area (Å²) in [4.78, 5) is 14.6. The van der Waals surface area contributed by atoms with Crippen LogP contribution < -0.4 is 5.32 Å². The topological polar surface area (TPSA) is 32.3 Å². The molecule has 0 aliphatic rings. The third-order valence-electron chi connectivity index (χ3n) is 2.56. The molecule has 1 rings (SSSR count). The van der Waals surface area contributed by atoms with Crippen LogP contribution in [0.4, 0.5) is 0 Å². The van der Waals surface area contributed by atoms with E-state index in [0.717, 1.165) is 6.42 Å². The minimum absolute atomic E-state index is 0.120. The maximum atomic E-state index is 11.7. The summed E-state index contributed by atoms with van der Waals surface area (Å²) in [5.74, 6) is 0.120. The summed E-state index contributed by atoms with van der Waals surface area (Å²) in [5.41, 5.74) is 0. The molecule has 0 saturated carbocycles. The van der Waals surface area contributed by atoms with Gasteiger partial charge in [0.25, 0.3) is 0 Å². The van der Waals surface area contributed by atoms with E-state index < -0.39 is 0 Å². The molecule has 0 bridgehead atoms. The molecular formula is C12H20N2OS. The van der Waals surface area contributed by atoms with Gasteiger partial charge >= 0.3 is 0 Å². The SMILES string of the molecule is CCC(N[C@H](C)C(=O)N(C)C)c1cccs1. The van der Waals surface area contributed by atoms with Gasteiger partial charge in [0.2, 0.25) is 5.91 Å². The number of thiophene rings is 1. The Labute approximate surface area is 101 Å². The molecule has 1 unspecified atom stereocenters. The molecule has 2 atom stereocenters. The van der Waals surface area contributed by atoms with Crippen molar-refractivity contribution in [3.63, 3.8) is 0 Å². The highest BCUT2D eigenvalue weighted by molar-refractivity contribution is 7.10. The summed E-state index contributed by atoms with van der Waals surface area (Å²) in [6, 6.07) is 4.29. The van der Waals surface area contributed by atoms with Crippen molar-refractivity contribution in [1.29, 1.82) is 0 Å². The van der Waals surface area contributed by atoms with E-state index >= 15 is 0 Å². The van der Waals surface area contributed by atoms with Crippen LogP contribution in [-0.2, 0) is 4.79 Å². The Morgan fingerprint density at radius 3 is 2.69 bits per heavy atom. The number of carbonyl (C=O) groups is 1. The van der Waals surface area contributed by atoms with Crippen molar-refractivity contribution in [3.8, 4) is 0 Å². The number of hydrogen-bond donors (Lipinski definition) is 1. The maximum Gasteiger partial charge on any atom is 0.238 e. The molecule has 0 fully saturated rings. The molecule has 1 N–H and O–H groups in total. The van der Waals surface area contributed by atoms with Crippen molar-refractivity contribution in [2.24, 2.45) is 0 Å². The molecule has 0 spiro atoms. The van der Waals surface area contributed by atoms with Crippen LogP contribution in [0.25, 0.3) is 0 Å². The molecule has 0 radical (unpaired) electrons. The zero-order valence-corrected chi connectivity index (χ0v) is 11.2. The zero-order chi connectivity index (χ0) is 12.1. The van der Waals surface area contributed by atoms with Crippen LogP contribution >= 0.6 is 11.3 Å². The van der Waals surface area contributed by atoms with Gasteiger partial charge in [-0.15, -0.1) is 11.3 Å². The summed E-state index contributed by atoms with van der Waals surface area (Å²) in [7, 11) is 3.57. The largest absolute Gasteiger partial charge is 0.347 e. The molecule has 0 saturated heterocycles. The van der Waals surface area contributed by atoms with E-state index in [1.54, 1.807) is 30.3 Å². The number of nitrogens with one attached hydrogen (secondary N) is 1. The van der Waals surface area contributed by atoms with Crippen molar-refractivity contribution in [3.05, 3.63) is 22.4 Å². The first-order chi connectivity index (χ1) is 7.56. The lowest BCUT2D eigenvalue weighted by Gasteiger charge is -2.23. The second-order valence-corrected chi connectivity index (χ2v) is 5.08. The molecule has 1 amide bonds. The molecule has 0 aliphatic heterocycles. The normalized spacial score (nSPS) is 14.5. The Kier molecular flexibility index (Phi) is 4.96. The Hall–Kier alpha value is -0.870. The third-order valence-corrected chi connectivity index (χ3v) is 3.54. The van der Waals surface area contributed by atoms with Gasteiger partial charge in [0.05, 0.1) is 6.04 Å². The first-order valence-electron chi connectivity index (χ1n) is 5.56. The Bertz CT molecular complexity index is 322. The first kappa shape index (κ1) is 13.2. The number of hydrogen-bond acceptors (Lipinski definition) is 3. The fourth-order valence-corrected chi connectivity index (χ4v) is 2.52. The second-order valence-electron chi connectivity index (χ2n) is 4.10. The average Bonchev–Trinajstić information content (AvgIpc) is 2.77. The van der Waals surface area contributed by atoms with Crippen molar-refractivity contribution < 1.29 is 4.79 Å². The molecule has 1 heterocycles. The molecule has 0 aliphatic carbocycles. The third kappa shape index (κ3) is 3.32. The predicted molar refractivity (Wildman–Crippen MR) is 68.6 cm³/mol. The number of rotatable bonds is 5. The van der Waals surface area contributed by atoms with E-state index in [4.69, 9.17) is 0 Å². The lowest BCUT2D eigenvalue weighted by atomic mass is 10.1. The van der Waals surface area contributed by atoms with Crippen molar-refractivity contribution >= 4 is 17.2 Å². The standard InChI is InChI=1S/C12H20N2OS/c1-5-10(11-7-6-8-16-11)13-9(2)12(15)14(3)4/h6-10,13H,5H2,1-4H3/t9-,10?/m1/s1. The lowest BCUT2D eigenvalue weighted by Crippen LogP contribution is -2.42. The number of likely N-dealkylation sites (N-methyl/N-ethyl adjacent to an activating group) is 1. The highest BCUT2D eigenvalue weighted by atomic mass is 32.1. The molecule has 3 nitrogen and oxygen atoms in total. The van der Waals surface area contributed by atoms with Gasteiger partial charge in [-0.25, -0.2) is 0 Å². The average molecular weight is 240 g/mol. The smallest absolute Gasteiger partial charge is 0.238 e. The fourth-order valence-electron chi connectivity index (χ4n) is 1.65. The molecule has 1 aromatic rings. The Balaban J connectivity index is 2.61. The van der Waals surface area contributed by atoms with Crippen molar-refractivity contribution in [1.82, 2.24) is 10.2 Å². The maximum absolute atomic E-state index is 11.7. The summed E-state index contributed by atoms with van der Waals surface area (Å²) in [6.07, 6.45) is 0.992. The van der Waals surface area contributed by atoms with Crippen molar-refractivity contribution in [2.45, 2.75) is 32.4 Å². The van der Waals surface area contributed by atoms with E-state index in [-0.39, 0.29) is 18.0 Å². The van der Waals surface area contributed by atoms with E-state index in [0.29, 0.717) is 0 Å². The quantitative estimate of drug-likeness (QED) is 0.856. The van der Waals surface area contributed by atoms with Gasteiger partial charge in [-0.1, -0.05) is 13.0 Å². The van der Waals surface area contributed by atoms with E-state index in [1.165, 1.54) is 4.88 Å². The van der Waals surface area contributed by atoms with Gasteiger partial charge < -0.3 is 4.90 Å². The number of amides is 1. The van der Waals surface area contributed by atoms with Gasteiger partial charge in [0, 0.05) is 25.0 Å². The van der Waals surface area contributed by atoms with Crippen LogP contribution in [0.5, 0.6) is 0 Å². The first-order valence-corrected chi connectivity index (χ1v) is 6.44. The minimum atomic E-state index is -0.137. The lowest BCUT2D eigenvalue weighted by molar-refractivity contribution is -0.130. The summed E-state index contributed by atoms with van der Waals surface area (Å²) in [5, 5.41) is 5.44. The van der Waals surface area contributed by atoms with Gasteiger partial charge in [0.15, 0.2) is 0 Å². The highest BCUT2D eigenvalue weighted by Gasteiger charge is 2.19. The molecule has 0 aromatic carbocycles.